The van der Waals surface area contributed by atoms with Crippen LogP contribution in [0.25, 0.3) is 22.3 Å². The lowest BCUT2D eigenvalue weighted by Crippen LogP contribution is -2.47. The van der Waals surface area contributed by atoms with E-state index in [1.165, 1.54) is 17.9 Å². The topological polar surface area (TPSA) is 85.5 Å². The summed E-state index contributed by atoms with van der Waals surface area (Å²) in [7, 11) is 3.08. The number of hydrogen-bond acceptors (Lipinski definition) is 7. The highest BCUT2D eigenvalue weighted by atomic mass is 19.4. The second-order valence-corrected chi connectivity index (χ2v) is 8.80. The van der Waals surface area contributed by atoms with Crippen LogP contribution in [0, 0.1) is 11.6 Å². The number of nitrogens with zero attached hydrogens (tertiary/aromatic N) is 5. The maximum absolute atomic E-state index is 14.8. The van der Waals surface area contributed by atoms with E-state index in [1.54, 1.807) is 7.11 Å². The van der Waals surface area contributed by atoms with Crippen LogP contribution in [0.3, 0.4) is 0 Å². The lowest BCUT2D eigenvalue weighted by atomic mass is 10.0. The molecule has 0 unspecified atom stereocenters. The SMILES string of the molecule is COc1ccc(C[C@@H]2COCCN2c2ncc3c(-c4cc(C(F)(F)F)c(F)c(O)c4F)nn(C)c3n2)cc1. The van der Waals surface area contributed by atoms with E-state index in [0.29, 0.717) is 32.1 Å². The van der Waals surface area contributed by atoms with E-state index in [1.807, 2.05) is 29.2 Å². The number of hydrogen-bond donors (Lipinski definition) is 1. The largest absolute Gasteiger partial charge is 0.503 e. The maximum Gasteiger partial charge on any atom is 0.419 e. The van der Waals surface area contributed by atoms with Crippen molar-refractivity contribution in [3.05, 3.63) is 59.3 Å². The van der Waals surface area contributed by atoms with Crippen LogP contribution in [0.2, 0.25) is 0 Å². The van der Waals surface area contributed by atoms with Gasteiger partial charge in [-0.25, -0.2) is 18.4 Å². The Morgan fingerprint density at radius 2 is 1.89 bits per heavy atom. The summed E-state index contributed by atoms with van der Waals surface area (Å²) in [6.07, 6.45) is -3.21. The number of aromatic hydroxyl groups is 1. The summed E-state index contributed by atoms with van der Waals surface area (Å²) < 4.78 is 80.8. The molecule has 0 aliphatic carbocycles. The minimum atomic E-state index is -5.16. The van der Waals surface area contributed by atoms with E-state index in [2.05, 4.69) is 15.1 Å². The summed E-state index contributed by atoms with van der Waals surface area (Å²) in [6.45, 7) is 1.36. The maximum atomic E-state index is 14.8. The van der Waals surface area contributed by atoms with Crippen molar-refractivity contribution >= 4 is 17.0 Å². The molecule has 8 nitrogen and oxygen atoms in total. The highest BCUT2D eigenvalue weighted by Crippen LogP contribution is 2.41. The van der Waals surface area contributed by atoms with Crippen LogP contribution in [0.4, 0.5) is 27.9 Å². The molecule has 2 aromatic carbocycles. The molecule has 1 fully saturated rings. The first-order chi connectivity index (χ1) is 18.1. The third kappa shape index (κ3) is 4.57. The first-order valence-corrected chi connectivity index (χ1v) is 11.5. The van der Waals surface area contributed by atoms with E-state index in [-0.39, 0.29) is 28.8 Å². The highest BCUT2D eigenvalue weighted by Gasteiger charge is 2.38. The van der Waals surface area contributed by atoms with Gasteiger partial charge in [0, 0.05) is 25.4 Å². The van der Waals surface area contributed by atoms with Gasteiger partial charge in [0.05, 0.1) is 37.3 Å². The summed E-state index contributed by atoms with van der Waals surface area (Å²) >= 11 is 0. The van der Waals surface area contributed by atoms with Crippen LogP contribution in [0.15, 0.2) is 36.5 Å². The van der Waals surface area contributed by atoms with Crippen molar-refractivity contribution in [1.82, 2.24) is 19.7 Å². The Balaban J connectivity index is 1.52. The molecule has 1 aliphatic heterocycles. The van der Waals surface area contributed by atoms with Crippen molar-refractivity contribution in [2.24, 2.45) is 7.05 Å². The van der Waals surface area contributed by atoms with Gasteiger partial charge >= 0.3 is 6.18 Å². The number of ether oxygens (including phenoxy) is 2. The van der Waals surface area contributed by atoms with Gasteiger partial charge in [-0.15, -0.1) is 0 Å². The lowest BCUT2D eigenvalue weighted by Gasteiger charge is -2.35. The fourth-order valence-corrected chi connectivity index (χ4v) is 4.49. The Kier molecular flexibility index (Phi) is 6.55. The molecule has 200 valence electrons. The molecule has 13 heteroatoms. The van der Waals surface area contributed by atoms with Crippen molar-refractivity contribution in [1.29, 1.82) is 0 Å². The number of benzene rings is 2. The molecule has 2 aromatic heterocycles. The molecule has 38 heavy (non-hydrogen) atoms. The molecule has 0 bridgehead atoms. The van der Waals surface area contributed by atoms with Gasteiger partial charge in [0.15, 0.2) is 23.0 Å². The van der Waals surface area contributed by atoms with Crippen LogP contribution in [-0.4, -0.2) is 57.8 Å². The first kappa shape index (κ1) is 25.6. The van der Waals surface area contributed by atoms with Crippen LogP contribution < -0.4 is 9.64 Å². The van der Waals surface area contributed by atoms with Gasteiger partial charge in [-0.1, -0.05) is 12.1 Å². The average Bonchev–Trinajstić information content (AvgIpc) is 3.23. The van der Waals surface area contributed by atoms with Crippen LogP contribution >= 0.6 is 0 Å². The number of anilines is 1. The quantitative estimate of drug-likeness (QED) is 0.377. The summed E-state index contributed by atoms with van der Waals surface area (Å²) in [5, 5.41) is 14.0. The number of rotatable bonds is 5. The Morgan fingerprint density at radius 3 is 2.58 bits per heavy atom. The second kappa shape index (κ2) is 9.71. The average molecular weight is 535 g/mol. The van der Waals surface area contributed by atoms with E-state index in [4.69, 9.17) is 9.47 Å². The number of aromatic nitrogens is 4. The molecule has 1 atom stereocenters. The molecule has 1 aliphatic rings. The third-order valence-corrected chi connectivity index (χ3v) is 6.42. The number of aryl methyl sites for hydroxylation is 1. The van der Waals surface area contributed by atoms with Crippen molar-refractivity contribution in [2.45, 2.75) is 18.6 Å². The fourth-order valence-electron chi connectivity index (χ4n) is 4.49. The molecule has 0 saturated carbocycles. The number of alkyl halides is 3. The van der Waals surface area contributed by atoms with Gasteiger partial charge in [-0.05, 0) is 30.2 Å². The number of morpholine rings is 1. The minimum Gasteiger partial charge on any atom is -0.503 e. The third-order valence-electron chi connectivity index (χ3n) is 6.42. The van der Waals surface area contributed by atoms with Crippen LogP contribution in [-0.2, 0) is 24.4 Å². The zero-order valence-electron chi connectivity index (χ0n) is 20.3. The second-order valence-electron chi connectivity index (χ2n) is 8.80. The summed E-state index contributed by atoms with van der Waals surface area (Å²) in [5.41, 5.74) is -1.53. The van der Waals surface area contributed by atoms with Crippen molar-refractivity contribution < 1.29 is 36.5 Å². The number of phenolic OH excluding ortho intramolecular Hbond substituents is 1. The van der Waals surface area contributed by atoms with Gasteiger partial charge < -0.3 is 19.5 Å². The summed E-state index contributed by atoms with van der Waals surface area (Å²) in [6, 6.07) is 7.80. The Hall–Kier alpha value is -4.00. The number of phenols is 1. The number of fused-ring (bicyclic) bond motifs is 1. The molecule has 3 heterocycles. The van der Waals surface area contributed by atoms with E-state index < -0.39 is 34.7 Å². The van der Waals surface area contributed by atoms with Crippen molar-refractivity contribution in [3.8, 4) is 22.8 Å². The molecule has 0 spiro atoms. The highest BCUT2D eigenvalue weighted by molar-refractivity contribution is 5.91. The normalized spacial score (nSPS) is 16.3. The summed E-state index contributed by atoms with van der Waals surface area (Å²) in [4.78, 5) is 10.9. The van der Waals surface area contributed by atoms with Crippen molar-refractivity contribution in [3.63, 3.8) is 0 Å². The Morgan fingerprint density at radius 1 is 1.16 bits per heavy atom. The molecule has 0 amide bonds. The van der Waals surface area contributed by atoms with Crippen LogP contribution in [0.5, 0.6) is 11.5 Å². The fraction of sp³-hybridized carbons (Fsp3) is 0.320. The molecule has 5 rings (SSSR count). The standard InChI is InChI=1S/C25H22F5N5O3/c1-34-23-17(21(33-34)16-10-18(25(28,29)30)20(27)22(36)19(16)26)11-31-24(32-23)35-7-8-38-12-14(35)9-13-3-5-15(37-2)6-4-13/h3-6,10-11,14,36H,7-9,12H2,1-2H3/t14-/m1/s1. The number of methoxy groups -OCH3 is 1. The van der Waals surface area contributed by atoms with Gasteiger partial charge in [0.1, 0.15) is 11.4 Å². The molecule has 4 aromatic rings. The lowest BCUT2D eigenvalue weighted by molar-refractivity contribution is -0.140. The Bertz CT molecular complexity index is 1490. The zero-order chi connectivity index (χ0) is 27.2. The van der Waals surface area contributed by atoms with Gasteiger partial charge in [0.2, 0.25) is 5.95 Å². The molecular weight excluding hydrogens is 513 g/mol. The van der Waals surface area contributed by atoms with E-state index >= 15 is 0 Å². The molecule has 1 N–H and O–H groups in total. The minimum absolute atomic E-state index is 0.108. The number of halogens is 5. The van der Waals surface area contributed by atoms with Gasteiger partial charge in [-0.2, -0.15) is 23.3 Å². The monoisotopic (exact) mass is 535 g/mol. The van der Waals surface area contributed by atoms with Gasteiger partial charge in [0.25, 0.3) is 0 Å². The predicted octanol–water partition coefficient (Wildman–Crippen LogP) is 4.49. The summed E-state index contributed by atoms with van der Waals surface area (Å²) in [5.74, 6) is -4.31. The Labute approximate surface area is 213 Å². The van der Waals surface area contributed by atoms with Gasteiger partial charge in [-0.3, -0.25) is 0 Å². The van der Waals surface area contributed by atoms with E-state index in [9.17, 15) is 27.1 Å². The van der Waals surface area contributed by atoms with Crippen LogP contribution in [0.1, 0.15) is 11.1 Å². The van der Waals surface area contributed by atoms with E-state index in [0.717, 1.165) is 11.3 Å². The smallest absolute Gasteiger partial charge is 0.419 e. The molecule has 0 radical (unpaired) electrons. The molecule has 1 saturated heterocycles. The zero-order valence-corrected chi connectivity index (χ0v) is 20.3. The predicted molar refractivity (Wildman–Crippen MR) is 127 cm³/mol. The first-order valence-electron chi connectivity index (χ1n) is 11.5. The molecular formula is C25H22F5N5O3. The van der Waals surface area contributed by atoms with Crippen molar-refractivity contribution in [2.75, 3.05) is 31.8 Å².